The van der Waals surface area contributed by atoms with Gasteiger partial charge in [0.15, 0.2) is 0 Å². The van der Waals surface area contributed by atoms with Crippen LogP contribution in [0.25, 0.3) is 11.1 Å². The summed E-state index contributed by atoms with van der Waals surface area (Å²) in [6.07, 6.45) is 7.61. The monoisotopic (exact) mass is 457 g/mol. The molecule has 1 aromatic heterocycles. The molecule has 0 spiro atoms. The zero-order valence-corrected chi connectivity index (χ0v) is 18.9. The molecule has 1 N–H and O–H groups in total. The summed E-state index contributed by atoms with van der Waals surface area (Å²) in [5.41, 5.74) is 2.97. The molecular formula is C24H28ClN3O4. The molecule has 8 heteroatoms. The summed E-state index contributed by atoms with van der Waals surface area (Å²) in [6.45, 7) is 0.726. The number of hydrogen-bond donors (Lipinski definition) is 1. The molecule has 170 valence electrons. The fourth-order valence-corrected chi connectivity index (χ4v) is 3.80. The van der Waals surface area contributed by atoms with Crippen LogP contribution >= 0.6 is 11.6 Å². The van der Waals surface area contributed by atoms with Crippen LogP contribution in [-0.4, -0.2) is 43.2 Å². The van der Waals surface area contributed by atoms with Crippen molar-refractivity contribution in [3.05, 3.63) is 47.1 Å². The third-order valence-electron chi connectivity index (χ3n) is 5.66. The first-order valence-corrected chi connectivity index (χ1v) is 11.4. The second-order valence-corrected chi connectivity index (χ2v) is 8.66. The Labute approximate surface area is 193 Å². The van der Waals surface area contributed by atoms with E-state index in [2.05, 4.69) is 15.5 Å². The van der Waals surface area contributed by atoms with Crippen molar-refractivity contribution in [2.45, 2.75) is 44.6 Å². The van der Waals surface area contributed by atoms with Crippen molar-refractivity contribution in [3.63, 3.8) is 0 Å². The molecule has 1 aromatic carbocycles. The molecule has 32 heavy (non-hydrogen) atoms. The highest BCUT2D eigenvalue weighted by molar-refractivity contribution is 6.30. The molecule has 1 atom stereocenters. The van der Waals surface area contributed by atoms with Crippen LogP contribution in [0.1, 0.15) is 48.9 Å². The van der Waals surface area contributed by atoms with Crippen molar-refractivity contribution in [2.24, 2.45) is 11.1 Å². The SMILES string of the molecule is COCO/N=C1\CCCC[C@@H]1NC(=O)c1cnc(OCC2CC2)c(-c2ccc(Cl)cc2)c1. The quantitative estimate of drug-likeness (QED) is 0.331. The number of rotatable bonds is 9. The number of nitrogens with one attached hydrogen (secondary N) is 1. The summed E-state index contributed by atoms with van der Waals surface area (Å²) in [6, 6.07) is 9.11. The van der Waals surface area contributed by atoms with Crippen molar-refractivity contribution >= 4 is 23.2 Å². The lowest BCUT2D eigenvalue weighted by Gasteiger charge is -2.24. The van der Waals surface area contributed by atoms with Crippen molar-refractivity contribution in [1.82, 2.24) is 10.3 Å². The molecule has 4 rings (SSSR count). The first-order valence-electron chi connectivity index (χ1n) is 11.0. The number of carbonyl (C=O) groups is 1. The average molecular weight is 458 g/mol. The van der Waals surface area contributed by atoms with Gasteiger partial charge in [0.05, 0.1) is 23.9 Å². The number of carbonyl (C=O) groups excluding carboxylic acids is 1. The Morgan fingerprint density at radius 2 is 2.03 bits per heavy atom. The second kappa shape index (κ2) is 10.8. The van der Waals surface area contributed by atoms with Crippen LogP contribution in [0.3, 0.4) is 0 Å². The summed E-state index contributed by atoms with van der Waals surface area (Å²) in [5, 5.41) is 7.90. The molecule has 0 saturated heterocycles. The predicted molar refractivity (Wildman–Crippen MR) is 123 cm³/mol. The fourth-order valence-electron chi connectivity index (χ4n) is 3.67. The highest BCUT2D eigenvalue weighted by atomic mass is 35.5. The van der Waals surface area contributed by atoms with Gasteiger partial charge in [0.1, 0.15) is 0 Å². The van der Waals surface area contributed by atoms with E-state index in [-0.39, 0.29) is 18.7 Å². The number of benzene rings is 1. The molecule has 1 heterocycles. The summed E-state index contributed by atoms with van der Waals surface area (Å²) in [7, 11) is 1.55. The Balaban J connectivity index is 1.54. The molecule has 2 fully saturated rings. The molecule has 2 aliphatic carbocycles. The van der Waals surface area contributed by atoms with E-state index in [9.17, 15) is 4.79 Å². The van der Waals surface area contributed by atoms with Gasteiger partial charge < -0.3 is 19.6 Å². The summed E-state index contributed by atoms with van der Waals surface area (Å²) in [5.74, 6) is 0.929. The van der Waals surface area contributed by atoms with Crippen molar-refractivity contribution in [1.29, 1.82) is 0 Å². The summed E-state index contributed by atoms with van der Waals surface area (Å²) < 4.78 is 10.9. The minimum absolute atomic E-state index is 0.0842. The lowest BCUT2D eigenvalue weighted by molar-refractivity contribution is -0.0290. The topological polar surface area (TPSA) is 82.0 Å². The van der Waals surface area contributed by atoms with Gasteiger partial charge in [-0.2, -0.15) is 0 Å². The number of halogens is 1. The van der Waals surface area contributed by atoms with Crippen molar-refractivity contribution in [2.75, 3.05) is 20.5 Å². The minimum atomic E-state index is -0.201. The van der Waals surface area contributed by atoms with Crippen LogP contribution in [0, 0.1) is 5.92 Å². The zero-order chi connectivity index (χ0) is 22.3. The largest absolute Gasteiger partial charge is 0.477 e. The molecule has 0 bridgehead atoms. The third kappa shape index (κ3) is 5.99. The molecule has 2 aromatic rings. The molecule has 7 nitrogen and oxygen atoms in total. The zero-order valence-electron chi connectivity index (χ0n) is 18.2. The Hall–Kier alpha value is -2.64. The van der Waals surface area contributed by atoms with Crippen LogP contribution in [0.15, 0.2) is 41.7 Å². The van der Waals surface area contributed by atoms with Crippen LogP contribution in [0.5, 0.6) is 5.88 Å². The second-order valence-electron chi connectivity index (χ2n) is 8.23. The van der Waals surface area contributed by atoms with E-state index in [0.29, 0.717) is 29.0 Å². The maximum absolute atomic E-state index is 13.1. The van der Waals surface area contributed by atoms with Gasteiger partial charge in [0.25, 0.3) is 5.91 Å². The van der Waals surface area contributed by atoms with E-state index >= 15 is 0 Å². The van der Waals surface area contributed by atoms with E-state index in [4.69, 9.17) is 25.9 Å². The van der Waals surface area contributed by atoms with Crippen molar-refractivity contribution < 1.29 is 19.1 Å². The smallest absolute Gasteiger partial charge is 0.253 e. The Kier molecular flexibility index (Phi) is 7.60. The maximum atomic E-state index is 13.1. The Bertz CT molecular complexity index is 960. The fraction of sp³-hybridized carbons (Fsp3) is 0.458. The first kappa shape index (κ1) is 22.6. The van der Waals surface area contributed by atoms with Gasteiger partial charge in [-0.3, -0.25) is 4.79 Å². The highest BCUT2D eigenvalue weighted by Gasteiger charge is 2.25. The van der Waals surface area contributed by atoms with Gasteiger partial charge in [0, 0.05) is 23.9 Å². The first-order chi connectivity index (χ1) is 15.6. The van der Waals surface area contributed by atoms with Crippen molar-refractivity contribution in [3.8, 4) is 17.0 Å². The molecule has 1 amide bonds. The van der Waals surface area contributed by atoms with Gasteiger partial charge in [-0.25, -0.2) is 4.98 Å². The standard InChI is InChI=1S/C24H28ClN3O4/c1-30-15-32-28-22-5-3-2-4-21(22)27-23(29)18-12-20(17-8-10-19(25)11-9-17)24(26-13-18)31-14-16-6-7-16/h8-13,16,21H,2-7,14-15H2,1H3,(H,27,29)/b28-22+/t21-/m0/s1. The molecule has 2 aliphatic rings. The highest BCUT2D eigenvalue weighted by Crippen LogP contribution is 2.33. The van der Waals surface area contributed by atoms with Gasteiger partial charge in [0.2, 0.25) is 12.7 Å². The lowest BCUT2D eigenvalue weighted by Crippen LogP contribution is -2.42. The Morgan fingerprint density at radius 1 is 1.22 bits per heavy atom. The average Bonchev–Trinajstić information content (AvgIpc) is 3.64. The molecule has 0 unspecified atom stereocenters. The lowest BCUT2D eigenvalue weighted by atomic mass is 9.93. The van der Waals surface area contributed by atoms with Gasteiger partial charge in [-0.1, -0.05) is 35.3 Å². The molecular weight excluding hydrogens is 430 g/mol. The van der Waals surface area contributed by atoms with E-state index in [1.807, 2.05) is 30.3 Å². The number of hydrogen-bond acceptors (Lipinski definition) is 6. The minimum Gasteiger partial charge on any atom is -0.477 e. The number of methoxy groups -OCH3 is 1. The third-order valence-corrected chi connectivity index (χ3v) is 5.91. The molecule has 0 aliphatic heterocycles. The molecule has 2 saturated carbocycles. The van der Waals surface area contributed by atoms with Crippen LogP contribution in [-0.2, 0) is 9.57 Å². The normalized spacial score (nSPS) is 19.6. The predicted octanol–water partition coefficient (Wildman–Crippen LogP) is 4.84. The number of nitrogens with zero attached hydrogens (tertiary/aromatic N) is 2. The van der Waals surface area contributed by atoms with Gasteiger partial charge >= 0.3 is 0 Å². The number of pyridine rings is 1. The number of amides is 1. The van der Waals surface area contributed by atoms with E-state index in [1.165, 1.54) is 12.8 Å². The van der Waals surface area contributed by atoms with E-state index < -0.39 is 0 Å². The summed E-state index contributed by atoms with van der Waals surface area (Å²) in [4.78, 5) is 22.7. The Morgan fingerprint density at radius 3 is 2.78 bits per heavy atom. The number of oxime groups is 1. The maximum Gasteiger partial charge on any atom is 0.253 e. The summed E-state index contributed by atoms with van der Waals surface area (Å²) >= 11 is 6.06. The van der Waals surface area contributed by atoms with Crippen LogP contribution < -0.4 is 10.1 Å². The van der Waals surface area contributed by atoms with E-state index in [0.717, 1.165) is 42.5 Å². The molecule has 0 radical (unpaired) electrons. The number of ether oxygens (including phenoxy) is 2. The van der Waals surface area contributed by atoms with Gasteiger partial charge in [-0.05, 0) is 61.8 Å². The number of aromatic nitrogens is 1. The van der Waals surface area contributed by atoms with Gasteiger partial charge in [-0.15, -0.1) is 0 Å². The van der Waals surface area contributed by atoms with Crippen LogP contribution in [0.4, 0.5) is 0 Å². The van der Waals surface area contributed by atoms with E-state index in [1.54, 1.807) is 13.3 Å². The van der Waals surface area contributed by atoms with Crippen LogP contribution in [0.2, 0.25) is 5.02 Å².